The van der Waals surface area contributed by atoms with E-state index < -0.39 is 0 Å². The molecule has 138 valence electrons. The molecule has 4 rings (SSSR count). The van der Waals surface area contributed by atoms with Crippen LogP contribution in [-0.4, -0.2) is 62.1 Å². The van der Waals surface area contributed by atoms with Crippen molar-refractivity contribution >= 4 is 5.91 Å². The predicted octanol–water partition coefficient (Wildman–Crippen LogP) is 1.93. The lowest BCUT2D eigenvalue weighted by Gasteiger charge is -2.35. The van der Waals surface area contributed by atoms with E-state index in [1.165, 1.54) is 22.1 Å². The van der Waals surface area contributed by atoms with Crippen LogP contribution in [0.2, 0.25) is 0 Å². The number of carbonyl (C=O) groups excluding carboxylic acids is 1. The monoisotopic (exact) mass is 362 g/mol. The van der Waals surface area contributed by atoms with E-state index in [1.54, 1.807) is 0 Å². The van der Waals surface area contributed by atoms with Crippen LogP contribution in [0.1, 0.15) is 21.5 Å². The normalized spacial score (nSPS) is 15.1. The van der Waals surface area contributed by atoms with Crippen LogP contribution in [0.4, 0.5) is 0 Å². The summed E-state index contributed by atoms with van der Waals surface area (Å²) in [6, 6.07) is 16.0. The second-order valence-corrected chi connectivity index (χ2v) is 6.83. The summed E-state index contributed by atoms with van der Waals surface area (Å²) in [6.07, 6.45) is 1.51. The predicted molar refractivity (Wildman–Crippen MR) is 102 cm³/mol. The Balaban J connectivity index is 1.42. The summed E-state index contributed by atoms with van der Waals surface area (Å²) in [5.74, 6) is 0.0244. The molecule has 1 aliphatic rings. The summed E-state index contributed by atoms with van der Waals surface area (Å²) in [4.78, 5) is 17.4. The summed E-state index contributed by atoms with van der Waals surface area (Å²) in [6.45, 7) is 6.20. The molecule has 7 heteroatoms. The van der Waals surface area contributed by atoms with Gasteiger partial charge in [0.25, 0.3) is 5.91 Å². The van der Waals surface area contributed by atoms with E-state index in [9.17, 15) is 4.79 Å². The number of rotatable bonds is 4. The quantitative estimate of drug-likeness (QED) is 0.709. The number of tetrazole rings is 1. The standard InChI is InChI=1S/C20H22N6O/c1-16-5-4-6-17(13-16)14-24-9-11-25(12-10-24)20(27)18-7-2-3-8-19(18)26-15-21-22-23-26/h2-8,13,15H,9-12,14H2,1H3. The molecule has 0 radical (unpaired) electrons. The van der Waals surface area contributed by atoms with E-state index in [4.69, 9.17) is 0 Å². The number of piperazine rings is 1. The number of aryl methyl sites for hydroxylation is 1. The van der Waals surface area contributed by atoms with E-state index >= 15 is 0 Å². The van der Waals surface area contributed by atoms with Gasteiger partial charge in [-0.1, -0.05) is 42.0 Å². The molecule has 1 saturated heterocycles. The number of para-hydroxylation sites is 1. The van der Waals surface area contributed by atoms with Gasteiger partial charge in [0.2, 0.25) is 0 Å². The minimum absolute atomic E-state index is 0.0244. The lowest BCUT2D eigenvalue weighted by atomic mass is 10.1. The Kier molecular flexibility index (Phi) is 4.93. The fourth-order valence-electron chi connectivity index (χ4n) is 3.47. The molecule has 0 N–H and O–H groups in total. The van der Waals surface area contributed by atoms with Crippen molar-refractivity contribution in [2.24, 2.45) is 0 Å². The molecule has 7 nitrogen and oxygen atoms in total. The lowest BCUT2D eigenvalue weighted by molar-refractivity contribution is 0.0628. The summed E-state index contributed by atoms with van der Waals surface area (Å²) in [5.41, 5.74) is 3.92. The summed E-state index contributed by atoms with van der Waals surface area (Å²) in [5, 5.41) is 11.3. The highest BCUT2D eigenvalue weighted by atomic mass is 16.2. The Morgan fingerprint density at radius 1 is 1.04 bits per heavy atom. The highest BCUT2D eigenvalue weighted by Gasteiger charge is 2.24. The second kappa shape index (κ2) is 7.67. The number of benzene rings is 2. The highest BCUT2D eigenvalue weighted by molar-refractivity contribution is 5.97. The molecule has 1 aliphatic heterocycles. The van der Waals surface area contributed by atoms with Crippen LogP contribution >= 0.6 is 0 Å². The van der Waals surface area contributed by atoms with E-state index in [0.717, 1.165) is 19.6 Å². The second-order valence-electron chi connectivity index (χ2n) is 6.83. The Morgan fingerprint density at radius 2 is 1.85 bits per heavy atom. The fraction of sp³-hybridized carbons (Fsp3) is 0.300. The maximum atomic E-state index is 13.1. The van der Waals surface area contributed by atoms with Gasteiger partial charge in [-0.3, -0.25) is 9.69 Å². The van der Waals surface area contributed by atoms with Gasteiger partial charge in [-0.05, 0) is 35.0 Å². The van der Waals surface area contributed by atoms with E-state index in [-0.39, 0.29) is 5.91 Å². The molecule has 0 saturated carbocycles. The Morgan fingerprint density at radius 3 is 2.59 bits per heavy atom. The van der Waals surface area contributed by atoms with E-state index in [2.05, 4.69) is 51.6 Å². The topological polar surface area (TPSA) is 67.2 Å². The molecule has 0 atom stereocenters. The highest BCUT2D eigenvalue weighted by Crippen LogP contribution is 2.17. The first-order valence-electron chi connectivity index (χ1n) is 9.10. The molecule has 3 aromatic rings. The van der Waals surface area contributed by atoms with Crippen molar-refractivity contribution in [3.05, 3.63) is 71.5 Å². The zero-order chi connectivity index (χ0) is 18.6. The van der Waals surface area contributed by atoms with Crippen molar-refractivity contribution in [2.45, 2.75) is 13.5 Å². The molecule has 27 heavy (non-hydrogen) atoms. The first-order chi connectivity index (χ1) is 13.2. The Bertz CT molecular complexity index is 916. The van der Waals surface area contributed by atoms with Gasteiger partial charge in [-0.15, -0.1) is 5.10 Å². The molecule has 1 aromatic heterocycles. The van der Waals surface area contributed by atoms with Crippen molar-refractivity contribution in [3.63, 3.8) is 0 Å². The molecule has 0 aliphatic carbocycles. The van der Waals surface area contributed by atoms with Gasteiger partial charge >= 0.3 is 0 Å². The van der Waals surface area contributed by atoms with E-state index in [0.29, 0.717) is 24.3 Å². The first-order valence-corrected chi connectivity index (χ1v) is 9.10. The minimum Gasteiger partial charge on any atom is -0.336 e. The zero-order valence-corrected chi connectivity index (χ0v) is 15.3. The van der Waals surface area contributed by atoms with Crippen molar-refractivity contribution < 1.29 is 4.79 Å². The third kappa shape index (κ3) is 3.88. The molecule has 2 heterocycles. The molecular formula is C20H22N6O. The van der Waals surface area contributed by atoms with Gasteiger partial charge < -0.3 is 4.90 Å². The molecule has 1 amide bonds. The molecule has 1 fully saturated rings. The maximum Gasteiger partial charge on any atom is 0.256 e. The molecule has 0 bridgehead atoms. The smallest absolute Gasteiger partial charge is 0.256 e. The van der Waals surface area contributed by atoms with Gasteiger partial charge in [-0.25, -0.2) is 0 Å². The minimum atomic E-state index is 0.0244. The molecule has 0 spiro atoms. The van der Waals surface area contributed by atoms with Crippen molar-refractivity contribution in [1.29, 1.82) is 0 Å². The van der Waals surface area contributed by atoms with Crippen LogP contribution in [0.15, 0.2) is 54.9 Å². The van der Waals surface area contributed by atoms with Crippen molar-refractivity contribution in [1.82, 2.24) is 30.0 Å². The third-order valence-electron chi connectivity index (χ3n) is 4.88. The number of amides is 1. The van der Waals surface area contributed by atoms with Crippen LogP contribution < -0.4 is 0 Å². The number of nitrogens with zero attached hydrogens (tertiary/aromatic N) is 6. The summed E-state index contributed by atoms with van der Waals surface area (Å²) in [7, 11) is 0. The Hall–Kier alpha value is -3.06. The SMILES string of the molecule is Cc1cccc(CN2CCN(C(=O)c3ccccc3-n3cnnn3)CC2)c1. The van der Waals surface area contributed by atoms with Gasteiger partial charge in [0.05, 0.1) is 11.3 Å². The van der Waals surface area contributed by atoms with Crippen LogP contribution in [-0.2, 0) is 6.54 Å². The van der Waals surface area contributed by atoms with Crippen molar-refractivity contribution in [2.75, 3.05) is 26.2 Å². The van der Waals surface area contributed by atoms with Crippen molar-refractivity contribution in [3.8, 4) is 5.69 Å². The largest absolute Gasteiger partial charge is 0.336 e. The maximum absolute atomic E-state index is 13.1. The lowest BCUT2D eigenvalue weighted by Crippen LogP contribution is -2.48. The Labute approximate surface area is 158 Å². The fourth-order valence-corrected chi connectivity index (χ4v) is 3.47. The average molecular weight is 362 g/mol. The van der Waals surface area contributed by atoms with E-state index in [1.807, 2.05) is 29.2 Å². The van der Waals surface area contributed by atoms with Gasteiger partial charge in [0.15, 0.2) is 0 Å². The van der Waals surface area contributed by atoms with Gasteiger partial charge in [0, 0.05) is 32.7 Å². The van der Waals surface area contributed by atoms with Crippen LogP contribution in [0.25, 0.3) is 5.69 Å². The van der Waals surface area contributed by atoms with Gasteiger partial charge in [0.1, 0.15) is 6.33 Å². The summed E-state index contributed by atoms with van der Waals surface area (Å²) >= 11 is 0. The molecule has 2 aromatic carbocycles. The average Bonchev–Trinajstić information content (AvgIpc) is 3.23. The zero-order valence-electron chi connectivity index (χ0n) is 15.3. The third-order valence-corrected chi connectivity index (χ3v) is 4.88. The number of carbonyl (C=O) groups is 1. The number of hydrogen-bond acceptors (Lipinski definition) is 5. The number of aromatic nitrogens is 4. The van der Waals surface area contributed by atoms with Crippen LogP contribution in [0.3, 0.4) is 0 Å². The number of hydrogen-bond donors (Lipinski definition) is 0. The van der Waals surface area contributed by atoms with Crippen LogP contribution in [0.5, 0.6) is 0 Å². The molecular weight excluding hydrogens is 340 g/mol. The van der Waals surface area contributed by atoms with Crippen LogP contribution in [0, 0.1) is 6.92 Å². The molecule has 0 unspecified atom stereocenters. The first kappa shape index (κ1) is 17.4. The van der Waals surface area contributed by atoms with Gasteiger partial charge in [-0.2, -0.15) is 4.68 Å². The summed E-state index contributed by atoms with van der Waals surface area (Å²) < 4.78 is 1.53.